The predicted molar refractivity (Wildman–Crippen MR) is 132 cm³/mol. The van der Waals surface area contributed by atoms with Crippen molar-refractivity contribution in [3.8, 4) is 11.5 Å². The topological polar surface area (TPSA) is 71.1 Å². The molecular formula is C29H20O6. The average Bonchev–Trinajstić information content (AvgIpc) is 2.91. The fourth-order valence-corrected chi connectivity index (χ4v) is 4.81. The first-order valence-electron chi connectivity index (χ1n) is 11.1. The molecule has 0 bridgehead atoms. The third-order valence-corrected chi connectivity index (χ3v) is 6.47. The van der Waals surface area contributed by atoms with Crippen molar-refractivity contribution in [3.05, 3.63) is 95.1 Å². The molecule has 2 heterocycles. The fraction of sp³-hybridized carbons (Fsp3) is 0.103. The molecule has 4 aromatic carbocycles. The van der Waals surface area contributed by atoms with E-state index in [2.05, 4.69) is 0 Å². The van der Waals surface area contributed by atoms with Crippen molar-refractivity contribution in [2.75, 3.05) is 14.2 Å². The summed E-state index contributed by atoms with van der Waals surface area (Å²) in [6.07, 6.45) is 3.35. The van der Waals surface area contributed by atoms with Crippen molar-refractivity contribution in [3.63, 3.8) is 0 Å². The predicted octanol–water partition coefficient (Wildman–Crippen LogP) is 5.29. The molecule has 6 nitrogen and oxygen atoms in total. The molecule has 0 N–H and O–H groups in total. The number of carbonyl (C=O) groups excluding carboxylic acids is 2. The Bertz CT molecular complexity index is 1490. The molecule has 0 fully saturated rings. The first-order chi connectivity index (χ1) is 17.1. The zero-order valence-electron chi connectivity index (χ0n) is 19.0. The molecule has 172 valence electrons. The van der Waals surface area contributed by atoms with Gasteiger partial charge in [0, 0.05) is 11.1 Å². The minimum Gasteiger partial charge on any atom is -0.465 e. The van der Waals surface area contributed by atoms with E-state index in [1.54, 1.807) is 24.3 Å². The Balaban J connectivity index is 1.65. The highest BCUT2D eigenvalue weighted by molar-refractivity contribution is 6.09. The molecule has 2 aliphatic heterocycles. The lowest BCUT2D eigenvalue weighted by atomic mass is 9.86. The second-order valence-electron chi connectivity index (χ2n) is 8.32. The first-order valence-corrected chi connectivity index (χ1v) is 11.1. The Morgan fingerprint density at radius 1 is 0.629 bits per heavy atom. The highest BCUT2D eigenvalue weighted by atomic mass is 16.7. The summed E-state index contributed by atoms with van der Waals surface area (Å²) in [5.41, 5.74) is 1.48. The number of methoxy groups -OCH3 is 2. The van der Waals surface area contributed by atoms with Gasteiger partial charge in [0.1, 0.15) is 22.6 Å². The summed E-state index contributed by atoms with van der Waals surface area (Å²) >= 11 is 0. The molecule has 0 atom stereocenters. The molecule has 0 unspecified atom stereocenters. The van der Waals surface area contributed by atoms with Crippen LogP contribution in [0.5, 0.6) is 11.5 Å². The summed E-state index contributed by atoms with van der Waals surface area (Å²) < 4.78 is 23.1. The molecule has 4 aromatic rings. The van der Waals surface area contributed by atoms with Gasteiger partial charge in [-0.15, -0.1) is 0 Å². The maximum absolute atomic E-state index is 13.1. The fourth-order valence-electron chi connectivity index (χ4n) is 4.81. The lowest BCUT2D eigenvalue weighted by Gasteiger charge is -2.41. The Kier molecular flexibility index (Phi) is 4.64. The number of ether oxygens (including phenoxy) is 4. The monoisotopic (exact) mass is 464 g/mol. The van der Waals surface area contributed by atoms with Crippen LogP contribution < -0.4 is 9.47 Å². The van der Waals surface area contributed by atoms with Crippen LogP contribution in [0.25, 0.3) is 33.7 Å². The normalized spacial score (nSPS) is 15.3. The second-order valence-corrected chi connectivity index (χ2v) is 8.32. The summed E-state index contributed by atoms with van der Waals surface area (Å²) in [5, 5.41) is 3.76. The SMILES string of the molecule is COC(=O)C1=Cc2c(ccc3ccccc23)OC12Oc1ccc3ccccc3c1C=C2C(=O)OC. The maximum Gasteiger partial charge on any atom is 0.342 e. The summed E-state index contributed by atoms with van der Waals surface area (Å²) in [7, 11) is 2.56. The van der Waals surface area contributed by atoms with Gasteiger partial charge in [-0.25, -0.2) is 9.59 Å². The van der Waals surface area contributed by atoms with Crippen LogP contribution in [0, 0.1) is 0 Å². The van der Waals surface area contributed by atoms with E-state index in [0.29, 0.717) is 22.6 Å². The number of benzene rings is 4. The number of carbonyl (C=O) groups is 2. The second kappa shape index (κ2) is 7.74. The highest BCUT2D eigenvalue weighted by Gasteiger charge is 2.55. The maximum atomic E-state index is 13.1. The van der Waals surface area contributed by atoms with Gasteiger partial charge in [-0.3, -0.25) is 0 Å². The molecule has 2 aliphatic rings. The Hall–Kier alpha value is -4.58. The third-order valence-electron chi connectivity index (χ3n) is 6.47. The molecular weight excluding hydrogens is 444 g/mol. The number of fused-ring (bicyclic) bond motifs is 6. The zero-order valence-corrected chi connectivity index (χ0v) is 19.0. The van der Waals surface area contributed by atoms with Crippen molar-refractivity contribution in [2.24, 2.45) is 0 Å². The Morgan fingerprint density at radius 3 is 1.49 bits per heavy atom. The summed E-state index contributed by atoms with van der Waals surface area (Å²) in [6, 6.07) is 23.0. The molecule has 0 aromatic heterocycles. The lowest BCUT2D eigenvalue weighted by molar-refractivity contribution is -0.148. The molecule has 35 heavy (non-hydrogen) atoms. The van der Waals surface area contributed by atoms with E-state index in [1.165, 1.54) is 14.2 Å². The summed E-state index contributed by atoms with van der Waals surface area (Å²) in [4.78, 5) is 26.3. The van der Waals surface area contributed by atoms with Crippen LogP contribution in [0.4, 0.5) is 0 Å². The van der Waals surface area contributed by atoms with Gasteiger partial charge in [-0.1, -0.05) is 60.7 Å². The van der Waals surface area contributed by atoms with E-state index in [9.17, 15) is 9.59 Å². The van der Waals surface area contributed by atoms with Gasteiger partial charge in [0.05, 0.1) is 14.2 Å². The zero-order chi connectivity index (χ0) is 24.2. The van der Waals surface area contributed by atoms with Gasteiger partial charge < -0.3 is 18.9 Å². The quantitative estimate of drug-likeness (QED) is 0.376. The lowest BCUT2D eigenvalue weighted by Crippen LogP contribution is -2.53. The average molecular weight is 464 g/mol. The smallest absolute Gasteiger partial charge is 0.342 e. The van der Waals surface area contributed by atoms with E-state index in [-0.39, 0.29) is 11.1 Å². The number of rotatable bonds is 2. The van der Waals surface area contributed by atoms with E-state index < -0.39 is 17.7 Å². The number of hydrogen-bond acceptors (Lipinski definition) is 6. The minimum atomic E-state index is -1.88. The molecule has 0 amide bonds. The summed E-state index contributed by atoms with van der Waals surface area (Å²) in [5.74, 6) is -2.30. The van der Waals surface area contributed by atoms with Crippen LogP contribution in [0.1, 0.15) is 11.1 Å². The molecule has 1 spiro atoms. The van der Waals surface area contributed by atoms with Gasteiger partial charge in [-0.05, 0) is 45.8 Å². The van der Waals surface area contributed by atoms with Gasteiger partial charge in [-0.2, -0.15) is 0 Å². The van der Waals surface area contributed by atoms with Crippen LogP contribution in [-0.2, 0) is 19.1 Å². The molecule has 6 heteroatoms. The van der Waals surface area contributed by atoms with Gasteiger partial charge in [0.2, 0.25) is 0 Å². The van der Waals surface area contributed by atoms with Crippen molar-refractivity contribution < 1.29 is 28.5 Å². The van der Waals surface area contributed by atoms with Crippen molar-refractivity contribution in [1.82, 2.24) is 0 Å². The largest absolute Gasteiger partial charge is 0.465 e. The van der Waals surface area contributed by atoms with E-state index in [0.717, 1.165) is 21.5 Å². The van der Waals surface area contributed by atoms with Crippen molar-refractivity contribution in [2.45, 2.75) is 5.79 Å². The van der Waals surface area contributed by atoms with Crippen LogP contribution >= 0.6 is 0 Å². The van der Waals surface area contributed by atoms with Gasteiger partial charge in [0.25, 0.3) is 0 Å². The van der Waals surface area contributed by atoms with E-state index >= 15 is 0 Å². The van der Waals surface area contributed by atoms with Crippen LogP contribution in [0.3, 0.4) is 0 Å². The van der Waals surface area contributed by atoms with E-state index in [4.69, 9.17) is 18.9 Å². The third kappa shape index (κ3) is 3.03. The van der Waals surface area contributed by atoms with E-state index in [1.807, 2.05) is 60.7 Å². The molecule has 6 rings (SSSR count). The number of hydrogen-bond donors (Lipinski definition) is 0. The van der Waals surface area contributed by atoms with Crippen LogP contribution in [0.2, 0.25) is 0 Å². The standard InChI is InChI=1S/C29H20O6/c1-32-27(30)23-15-21-19-9-5-3-7-17(19)11-13-25(21)34-29(23)24(28(31)33-2)16-22-20-10-6-4-8-18(20)12-14-26(22)35-29/h3-16H,1-2H3. The van der Waals surface area contributed by atoms with Crippen LogP contribution in [0.15, 0.2) is 83.9 Å². The molecule has 0 radical (unpaired) electrons. The minimum absolute atomic E-state index is 0.0410. The molecule has 0 saturated carbocycles. The Morgan fingerprint density at radius 2 is 1.06 bits per heavy atom. The van der Waals surface area contributed by atoms with Crippen LogP contribution in [-0.4, -0.2) is 31.9 Å². The van der Waals surface area contributed by atoms with Crippen molar-refractivity contribution >= 4 is 45.6 Å². The summed E-state index contributed by atoms with van der Waals surface area (Å²) in [6.45, 7) is 0. The van der Waals surface area contributed by atoms with Crippen molar-refractivity contribution in [1.29, 1.82) is 0 Å². The van der Waals surface area contributed by atoms with Gasteiger partial charge >= 0.3 is 17.7 Å². The Labute approximate surface area is 201 Å². The number of esters is 2. The molecule has 0 saturated heterocycles. The highest BCUT2D eigenvalue weighted by Crippen LogP contribution is 2.48. The first kappa shape index (κ1) is 21.0. The van der Waals surface area contributed by atoms with Gasteiger partial charge in [0.15, 0.2) is 0 Å². The molecule has 0 aliphatic carbocycles.